The molecule has 84 valence electrons. The number of hydrogen-bond acceptors (Lipinski definition) is 3. The number of ether oxygens (including phenoxy) is 1. The molecule has 1 rings (SSSR count). The summed E-state index contributed by atoms with van der Waals surface area (Å²) in [6.07, 6.45) is 0. The number of rotatable bonds is 3. The molecule has 0 aliphatic carbocycles. The second-order valence-corrected chi connectivity index (χ2v) is 3.86. The predicted octanol–water partition coefficient (Wildman–Crippen LogP) is 2.01. The van der Waals surface area contributed by atoms with Gasteiger partial charge in [0.15, 0.2) is 0 Å². The van der Waals surface area contributed by atoms with Crippen LogP contribution in [0.3, 0.4) is 0 Å². The molecule has 0 unspecified atom stereocenters. The quantitative estimate of drug-likeness (QED) is 0.773. The standard InChI is InChI=1S/C12H19NO2/c1-8-6-9(2)11(13(4)7-14)12(15-5)10(8)3/h6,14H,7H2,1-5H3. The molecule has 0 radical (unpaired) electrons. The zero-order valence-electron chi connectivity index (χ0n) is 10.1. The summed E-state index contributed by atoms with van der Waals surface area (Å²) in [6.45, 7) is 6.10. The third-order valence-corrected chi connectivity index (χ3v) is 2.75. The van der Waals surface area contributed by atoms with E-state index in [4.69, 9.17) is 9.84 Å². The number of benzene rings is 1. The Bertz CT molecular complexity index is 361. The number of anilines is 1. The van der Waals surface area contributed by atoms with Gasteiger partial charge in [0.25, 0.3) is 0 Å². The van der Waals surface area contributed by atoms with Gasteiger partial charge in [0.05, 0.1) is 12.8 Å². The Balaban J connectivity index is 3.41. The van der Waals surface area contributed by atoms with Crippen molar-refractivity contribution in [3.63, 3.8) is 0 Å². The minimum Gasteiger partial charge on any atom is -0.494 e. The Labute approximate surface area is 91.3 Å². The zero-order valence-corrected chi connectivity index (χ0v) is 10.1. The summed E-state index contributed by atoms with van der Waals surface area (Å²) in [4.78, 5) is 1.78. The van der Waals surface area contributed by atoms with Gasteiger partial charge in [-0.25, -0.2) is 0 Å². The molecule has 0 aliphatic rings. The topological polar surface area (TPSA) is 32.7 Å². The molecule has 15 heavy (non-hydrogen) atoms. The fourth-order valence-corrected chi connectivity index (χ4v) is 1.83. The van der Waals surface area contributed by atoms with Crippen molar-refractivity contribution in [3.8, 4) is 5.75 Å². The van der Waals surface area contributed by atoms with Gasteiger partial charge in [0, 0.05) is 7.05 Å². The van der Waals surface area contributed by atoms with Crippen molar-refractivity contribution in [2.24, 2.45) is 0 Å². The van der Waals surface area contributed by atoms with E-state index in [9.17, 15) is 0 Å². The SMILES string of the molecule is COc1c(C)c(C)cc(C)c1N(C)CO. The van der Waals surface area contributed by atoms with E-state index in [-0.39, 0.29) is 6.73 Å². The van der Waals surface area contributed by atoms with Gasteiger partial charge in [-0.3, -0.25) is 0 Å². The van der Waals surface area contributed by atoms with E-state index < -0.39 is 0 Å². The van der Waals surface area contributed by atoms with E-state index in [1.165, 1.54) is 5.56 Å². The van der Waals surface area contributed by atoms with Gasteiger partial charge in [-0.1, -0.05) is 6.07 Å². The number of nitrogens with zero attached hydrogens (tertiary/aromatic N) is 1. The molecule has 0 bridgehead atoms. The first-order valence-corrected chi connectivity index (χ1v) is 4.99. The average molecular weight is 209 g/mol. The molecule has 0 saturated heterocycles. The first-order valence-electron chi connectivity index (χ1n) is 4.99. The smallest absolute Gasteiger partial charge is 0.145 e. The van der Waals surface area contributed by atoms with Crippen molar-refractivity contribution in [2.75, 3.05) is 25.8 Å². The fraction of sp³-hybridized carbons (Fsp3) is 0.500. The van der Waals surface area contributed by atoms with Crippen LogP contribution in [0.15, 0.2) is 6.07 Å². The lowest BCUT2D eigenvalue weighted by Crippen LogP contribution is -2.20. The van der Waals surface area contributed by atoms with Gasteiger partial charge in [-0.2, -0.15) is 0 Å². The van der Waals surface area contributed by atoms with Gasteiger partial charge in [-0.05, 0) is 37.5 Å². The van der Waals surface area contributed by atoms with Crippen LogP contribution in [0.5, 0.6) is 5.75 Å². The zero-order chi connectivity index (χ0) is 11.6. The minimum atomic E-state index is -0.0142. The van der Waals surface area contributed by atoms with Crippen LogP contribution < -0.4 is 9.64 Å². The Morgan fingerprint density at radius 2 is 1.87 bits per heavy atom. The van der Waals surface area contributed by atoms with E-state index in [2.05, 4.69) is 13.0 Å². The summed E-state index contributed by atoms with van der Waals surface area (Å²) in [7, 11) is 3.51. The molecule has 0 atom stereocenters. The Hall–Kier alpha value is -1.22. The lowest BCUT2D eigenvalue weighted by atomic mass is 10.0. The van der Waals surface area contributed by atoms with Crippen molar-refractivity contribution >= 4 is 5.69 Å². The second kappa shape index (κ2) is 4.53. The molecule has 0 saturated carbocycles. The molecule has 0 aliphatic heterocycles. The van der Waals surface area contributed by atoms with Crippen LogP contribution in [-0.2, 0) is 0 Å². The van der Waals surface area contributed by atoms with Crippen molar-refractivity contribution in [1.82, 2.24) is 0 Å². The molecule has 1 N–H and O–H groups in total. The van der Waals surface area contributed by atoms with Crippen molar-refractivity contribution in [1.29, 1.82) is 0 Å². The molecule has 0 amide bonds. The van der Waals surface area contributed by atoms with Crippen LogP contribution >= 0.6 is 0 Å². The van der Waals surface area contributed by atoms with Crippen LogP contribution in [-0.4, -0.2) is 26.0 Å². The molecule has 0 spiro atoms. The Morgan fingerprint density at radius 3 is 2.33 bits per heavy atom. The van der Waals surface area contributed by atoms with Crippen LogP contribution in [0.4, 0.5) is 5.69 Å². The molecule has 1 aromatic rings. The molecule has 0 aromatic heterocycles. The molecule has 3 nitrogen and oxygen atoms in total. The Kier molecular flexibility index (Phi) is 3.58. The highest BCUT2D eigenvalue weighted by Gasteiger charge is 2.14. The second-order valence-electron chi connectivity index (χ2n) is 3.86. The van der Waals surface area contributed by atoms with Crippen molar-refractivity contribution in [3.05, 3.63) is 22.8 Å². The summed E-state index contributed by atoms with van der Waals surface area (Å²) < 4.78 is 5.41. The highest BCUT2D eigenvalue weighted by molar-refractivity contribution is 5.67. The van der Waals surface area contributed by atoms with E-state index in [0.29, 0.717) is 0 Å². The summed E-state index contributed by atoms with van der Waals surface area (Å²) in [5.74, 6) is 0.851. The van der Waals surface area contributed by atoms with Crippen LogP contribution in [0.2, 0.25) is 0 Å². The van der Waals surface area contributed by atoms with Crippen LogP contribution in [0.25, 0.3) is 0 Å². The van der Waals surface area contributed by atoms with Gasteiger partial charge < -0.3 is 14.7 Å². The molecular weight excluding hydrogens is 190 g/mol. The third kappa shape index (κ3) is 2.07. The normalized spacial score (nSPS) is 10.3. The van der Waals surface area contributed by atoms with Crippen molar-refractivity contribution in [2.45, 2.75) is 20.8 Å². The minimum absolute atomic E-state index is 0.0142. The maximum absolute atomic E-state index is 9.16. The highest BCUT2D eigenvalue weighted by atomic mass is 16.5. The molecule has 0 fully saturated rings. The van der Waals surface area contributed by atoms with Gasteiger partial charge >= 0.3 is 0 Å². The van der Waals surface area contributed by atoms with E-state index in [1.54, 1.807) is 12.0 Å². The van der Waals surface area contributed by atoms with Gasteiger partial charge in [0.2, 0.25) is 0 Å². The fourth-order valence-electron chi connectivity index (χ4n) is 1.83. The summed E-state index contributed by atoms with van der Waals surface area (Å²) in [5, 5.41) is 9.16. The highest BCUT2D eigenvalue weighted by Crippen LogP contribution is 2.36. The number of methoxy groups -OCH3 is 1. The molecule has 1 aromatic carbocycles. The van der Waals surface area contributed by atoms with E-state index in [0.717, 1.165) is 22.6 Å². The lowest BCUT2D eigenvalue weighted by molar-refractivity contribution is 0.296. The molecule has 3 heteroatoms. The Morgan fingerprint density at radius 1 is 1.27 bits per heavy atom. The van der Waals surface area contributed by atoms with Gasteiger partial charge in [-0.15, -0.1) is 0 Å². The van der Waals surface area contributed by atoms with E-state index >= 15 is 0 Å². The van der Waals surface area contributed by atoms with Crippen LogP contribution in [0.1, 0.15) is 16.7 Å². The summed E-state index contributed by atoms with van der Waals surface area (Å²) >= 11 is 0. The third-order valence-electron chi connectivity index (χ3n) is 2.75. The lowest BCUT2D eigenvalue weighted by Gasteiger charge is -2.23. The first kappa shape index (κ1) is 11.9. The van der Waals surface area contributed by atoms with E-state index in [1.807, 2.05) is 20.9 Å². The number of aryl methyl sites for hydroxylation is 2. The van der Waals surface area contributed by atoms with Crippen LogP contribution in [0, 0.1) is 20.8 Å². The molecule has 0 heterocycles. The number of hydrogen-bond donors (Lipinski definition) is 1. The monoisotopic (exact) mass is 209 g/mol. The maximum atomic E-state index is 9.16. The average Bonchev–Trinajstić information content (AvgIpc) is 2.21. The maximum Gasteiger partial charge on any atom is 0.145 e. The molecular formula is C12H19NO2. The number of aliphatic hydroxyl groups is 1. The summed E-state index contributed by atoms with van der Waals surface area (Å²) in [6, 6.07) is 2.11. The predicted molar refractivity (Wildman–Crippen MR) is 62.7 cm³/mol. The summed E-state index contributed by atoms with van der Waals surface area (Å²) in [5.41, 5.74) is 4.41. The first-order chi connectivity index (χ1) is 7.02. The number of aliphatic hydroxyl groups excluding tert-OH is 1. The van der Waals surface area contributed by atoms with Gasteiger partial charge in [0.1, 0.15) is 12.5 Å². The van der Waals surface area contributed by atoms with Crippen molar-refractivity contribution < 1.29 is 9.84 Å². The largest absolute Gasteiger partial charge is 0.494 e.